The van der Waals surface area contributed by atoms with E-state index in [0.29, 0.717) is 11.8 Å². The monoisotopic (exact) mass is 166 g/mol. The Labute approximate surface area is 72.8 Å². The Morgan fingerprint density at radius 1 is 1.42 bits per heavy atom. The van der Waals surface area contributed by atoms with Crippen LogP contribution in [-0.4, -0.2) is 16.6 Å². The van der Waals surface area contributed by atoms with E-state index in [2.05, 4.69) is 23.8 Å². The Balaban J connectivity index is 2.25. The molecule has 66 valence electrons. The van der Waals surface area contributed by atoms with E-state index in [1.165, 1.54) is 0 Å². The molecule has 0 aromatic carbocycles. The maximum absolute atomic E-state index is 5.34. The Kier molecular flexibility index (Phi) is 3.51. The molecule has 0 aliphatic carbocycles. The van der Waals surface area contributed by atoms with Crippen LogP contribution in [0.15, 0.2) is 18.6 Å². The molecule has 1 aromatic rings. The molecule has 0 fully saturated rings. The maximum atomic E-state index is 5.34. The zero-order chi connectivity index (χ0) is 8.81. The molecular weight excluding hydrogens is 152 g/mol. The number of ether oxygens (including phenoxy) is 1. The highest BCUT2D eigenvalue weighted by Crippen LogP contribution is 2.04. The summed E-state index contributed by atoms with van der Waals surface area (Å²) in [5, 5.41) is 0. The molecule has 3 nitrogen and oxygen atoms in total. The van der Waals surface area contributed by atoms with E-state index in [1.54, 1.807) is 18.6 Å². The molecule has 1 heterocycles. The van der Waals surface area contributed by atoms with Crippen molar-refractivity contribution in [3.8, 4) is 5.88 Å². The normalized spacial score (nSPS) is 10.2. The van der Waals surface area contributed by atoms with E-state index in [4.69, 9.17) is 4.74 Å². The number of rotatable bonds is 4. The summed E-state index contributed by atoms with van der Waals surface area (Å²) in [4.78, 5) is 7.89. The summed E-state index contributed by atoms with van der Waals surface area (Å²) in [5.41, 5.74) is 0. The molecule has 0 aliphatic heterocycles. The standard InChI is InChI=1S/C9H14N2O/c1-8(2)3-6-12-9-7-10-4-5-11-9/h4-5,7-8H,3,6H2,1-2H3. The van der Waals surface area contributed by atoms with Crippen LogP contribution in [0.4, 0.5) is 0 Å². The molecule has 0 aliphatic rings. The van der Waals surface area contributed by atoms with Gasteiger partial charge in [0.1, 0.15) is 0 Å². The Morgan fingerprint density at radius 2 is 2.25 bits per heavy atom. The van der Waals surface area contributed by atoms with Gasteiger partial charge in [-0.2, -0.15) is 0 Å². The first-order valence-corrected chi connectivity index (χ1v) is 4.18. The zero-order valence-corrected chi connectivity index (χ0v) is 7.53. The number of aromatic nitrogens is 2. The van der Waals surface area contributed by atoms with Gasteiger partial charge in [0, 0.05) is 12.4 Å². The van der Waals surface area contributed by atoms with Gasteiger partial charge in [-0.3, -0.25) is 4.98 Å². The van der Waals surface area contributed by atoms with E-state index < -0.39 is 0 Å². The van der Waals surface area contributed by atoms with Crippen LogP contribution >= 0.6 is 0 Å². The van der Waals surface area contributed by atoms with Gasteiger partial charge >= 0.3 is 0 Å². The summed E-state index contributed by atoms with van der Waals surface area (Å²) in [7, 11) is 0. The minimum absolute atomic E-state index is 0.609. The summed E-state index contributed by atoms with van der Waals surface area (Å²) < 4.78 is 5.34. The van der Waals surface area contributed by atoms with E-state index in [9.17, 15) is 0 Å². The molecule has 0 amide bonds. The highest BCUT2D eigenvalue weighted by Gasteiger charge is 1.96. The van der Waals surface area contributed by atoms with Gasteiger partial charge in [0.2, 0.25) is 5.88 Å². The van der Waals surface area contributed by atoms with E-state index in [0.717, 1.165) is 13.0 Å². The Bertz CT molecular complexity index is 211. The average molecular weight is 166 g/mol. The van der Waals surface area contributed by atoms with Gasteiger partial charge in [-0.15, -0.1) is 0 Å². The lowest BCUT2D eigenvalue weighted by atomic mass is 10.1. The van der Waals surface area contributed by atoms with Crippen molar-refractivity contribution in [1.82, 2.24) is 9.97 Å². The van der Waals surface area contributed by atoms with Gasteiger partial charge in [0.05, 0.1) is 12.8 Å². The second kappa shape index (κ2) is 4.70. The number of hydrogen-bond acceptors (Lipinski definition) is 3. The van der Waals surface area contributed by atoms with Gasteiger partial charge < -0.3 is 4.74 Å². The summed E-state index contributed by atoms with van der Waals surface area (Å²) in [6.45, 7) is 5.05. The molecule has 3 heteroatoms. The van der Waals surface area contributed by atoms with Crippen molar-refractivity contribution in [3.63, 3.8) is 0 Å². The van der Waals surface area contributed by atoms with Crippen molar-refractivity contribution >= 4 is 0 Å². The first-order chi connectivity index (χ1) is 5.79. The van der Waals surface area contributed by atoms with E-state index >= 15 is 0 Å². The second-order valence-electron chi connectivity index (χ2n) is 3.07. The third kappa shape index (κ3) is 3.32. The molecule has 0 saturated heterocycles. The van der Waals surface area contributed by atoms with Crippen molar-refractivity contribution in [2.45, 2.75) is 20.3 Å². The molecule has 12 heavy (non-hydrogen) atoms. The van der Waals surface area contributed by atoms with Crippen LogP contribution in [-0.2, 0) is 0 Å². The summed E-state index contributed by atoms with van der Waals surface area (Å²) in [6.07, 6.45) is 5.94. The lowest BCUT2D eigenvalue weighted by Gasteiger charge is -2.05. The SMILES string of the molecule is CC(C)CCOc1cnccn1. The lowest BCUT2D eigenvalue weighted by Crippen LogP contribution is -2.02. The third-order valence-electron chi connectivity index (χ3n) is 1.48. The van der Waals surface area contributed by atoms with Gasteiger partial charge in [-0.05, 0) is 12.3 Å². The highest BCUT2D eigenvalue weighted by atomic mass is 16.5. The van der Waals surface area contributed by atoms with Crippen LogP contribution in [0.5, 0.6) is 5.88 Å². The largest absolute Gasteiger partial charge is 0.477 e. The number of hydrogen-bond donors (Lipinski definition) is 0. The molecule has 0 radical (unpaired) electrons. The molecule has 1 rings (SSSR count). The topological polar surface area (TPSA) is 35.0 Å². The highest BCUT2D eigenvalue weighted by molar-refractivity contribution is 5.00. The summed E-state index contributed by atoms with van der Waals surface area (Å²) >= 11 is 0. The molecule has 0 N–H and O–H groups in total. The predicted octanol–water partition coefficient (Wildman–Crippen LogP) is 1.90. The third-order valence-corrected chi connectivity index (χ3v) is 1.48. The molecule has 0 spiro atoms. The molecule has 0 saturated carbocycles. The van der Waals surface area contributed by atoms with Crippen molar-refractivity contribution in [3.05, 3.63) is 18.6 Å². The van der Waals surface area contributed by atoms with Gasteiger partial charge in [-0.25, -0.2) is 4.98 Å². The van der Waals surface area contributed by atoms with Crippen LogP contribution in [0.3, 0.4) is 0 Å². The number of nitrogens with zero attached hydrogens (tertiary/aromatic N) is 2. The minimum atomic E-state index is 0.609. The molecule has 1 aromatic heterocycles. The van der Waals surface area contributed by atoms with Crippen LogP contribution in [0.25, 0.3) is 0 Å². The van der Waals surface area contributed by atoms with Crippen molar-refractivity contribution in [2.24, 2.45) is 5.92 Å². The van der Waals surface area contributed by atoms with Gasteiger partial charge in [-0.1, -0.05) is 13.8 Å². The van der Waals surface area contributed by atoms with Crippen LogP contribution in [0.1, 0.15) is 20.3 Å². The first kappa shape index (κ1) is 8.97. The lowest BCUT2D eigenvalue weighted by molar-refractivity contribution is 0.278. The average Bonchev–Trinajstić information content (AvgIpc) is 2.05. The Morgan fingerprint density at radius 3 is 2.83 bits per heavy atom. The summed E-state index contributed by atoms with van der Waals surface area (Å²) in [5.74, 6) is 1.28. The molecular formula is C9H14N2O. The van der Waals surface area contributed by atoms with E-state index in [1.807, 2.05) is 0 Å². The quantitative estimate of drug-likeness (QED) is 0.685. The fraction of sp³-hybridized carbons (Fsp3) is 0.556. The predicted molar refractivity (Wildman–Crippen MR) is 47.0 cm³/mol. The zero-order valence-electron chi connectivity index (χ0n) is 7.53. The fourth-order valence-corrected chi connectivity index (χ4v) is 0.759. The fourth-order valence-electron chi connectivity index (χ4n) is 0.759. The molecule has 0 bridgehead atoms. The molecule has 0 unspecified atom stereocenters. The maximum Gasteiger partial charge on any atom is 0.232 e. The van der Waals surface area contributed by atoms with Gasteiger partial charge in [0.25, 0.3) is 0 Å². The van der Waals surface area contributed by atoms with Crippen molar-refractivity contribution < 1.29 is 4.74 Å². The van der Waals surface area contributed by atoms with Crippen molar-refractivity contribution in [1.29, 1.82) is 0 Å². The van der Waals surface area contributed by atoms with Gasteiger partial charge in [0.15, 0.2) is 0 Å². The minimum Gasteiger partial charge on any atom is -0.477 e. The van der Waals surface area contributed by atoms with Crippen LogP contribution in [0, 0.1) is 5.92 Å². The van der Waals surface area contributed by atoms with Crippen LogP contribution < -0.4 is 4.74 Å². The van der Waals surface area contributed by atoms with E-state index in [-0.39, 0.29) is 0 Å². The summed E-state index contributed by atoms with van der Waals surface area (Å²) in [6, 6.07) is 0. The molecule has 0 atom stereocenters. The smallest absolute Gasteiger partial charge is 0.232 e. The van der Waals surface area contributed by atoms with Crippen molar-refractivity contribution in [2.75, 3.05) is 6.61 Å². The first-order valence-electron chi connectivity index (χ1n) is 4.18. The van der Waals surface area contributed by atoms with Crippen LogP contribution in [0.2, 0.25) is 0 Å². The Hall–Kier alpha value is -1.12. The second-order valence-corrected chi connectivity index (χ2v) is 3.07.